The van der Waals surface area contributed by atoms with Gasteiger partial charge in [-0.05, 0) is 0 Å². The highest BCUT2D eigenvalue weighted by Gasteiger charge is 1.96. The Hall–Kier alpha value is -0.160. The molecule has 9 heavy (non-hydrogen) atoms. The predicted molar refractivity (Wildman–Crippen MR) is 34.5 cm³/mol. The highest BCUT2D eigenvalue weighted by molar-refractivity contribution is 4.29. The van der Waals surface area contributed by atoms with Gasteiger partial charge in [0.2, 0.25) is 0 Å². The molecular weight excluding hydrogens is 120 g/mol. The Labute approximate surface area is 55.5 Å². The molecule has 0 fully saturated rings. The molecule has 0 unspecified atom stereocenters. The first-order chi connectivity index (χ1) is 4.16. The minimum absolute atomic E-state index is 0.115. The average molecular weight is 134 g/mol. The molecule has 0 aliphatic rings. The lowest BCUT2D eigenvalue weighted by atomic mass is 10.7. The summed E-state index contributed by atoms with van der Waals surface area (Å²) in [4.78, 5) is 5.00. The monoisotopic (exact) mass is 134 g/mol. The largest absolute Gasteiger partial charge is 0.395 e. The van der Waals surface area contributed by atoms with Crippen LogP contribution in [0.4, 0.5) is 0 Å². The van der Waals surface area contributed by atoms with Gasteiger partial charge in [0.15, 0.2) is 0 Å². The normalized spacial score (nSPS) is 11.3. The molecule has 0 saturated heterocycles. The summed E-state index contributed by atoms with van der Waals surface area (Å²) >= 11 is 0. The zero-order valence-electron chi connectivity index (χ0n) is 6.16. The lowest BCUT2D eigenvalue weighted by molar-refractivity contribution is -0.295. The summed E-state index contributed by atoms with van der Waals surface area (Å²) in [5.41, 5.74) is 0. The van der Waals surface area contributed by atoms with Crippen LogP contribution in [0.2, 0.25) is 0 Å². The molecule has 0 aliphatic carbocycles. The van der Waals surface area contributed by atoms with Crippen LogP contribution in [0.1, 0.15) is 0 Å². The topological polar surface area (TPSA) is 35.9 Å². The van der Waals surface area contributed by atoms with Gasteiger partial charge in [0.05, 0.1) is 6.61 Å². The highest BCUT2D eigenvalue weighted by Crippen LogP contribution is 1.84. The predicted octanol–water partition coefficient (Wildman–Crippen LogP) is -0.681. The molecule has 0 amide bonds. The summed E-state index contributed by atoms with van der Waals surface area (Å²) in [6.45, 7) is 0.641. The molecule has 4 heteroatoms. The average Bonchev–Trinajstić information content (AvgIpc) is 1.63. The van der Waals surface area contributed by atoms with E-state index in [0.29, 0.717) is 6.54 Å². The van der Waals surface area contributed by atoms with Crippen LogP contribution in [0.25, 0.3) is 0 Å². The standard InChI is InChI=1S/C5H14N2O2/c1-6(2)9-7(3)4-5-8/h8H,4-5H2,1-3H3. The Kier molecular flexibility index (Phi) is 4.61. The van der Waals surface area contributed by atoms with E-state index in [9.17, 15) is 0 Å². The third-order valence-corrected chi connectivity index (χ3v) is 0.718. The summed E-state index contributed by atoms with van der Waals surface area (Å²) in [7, 11) is 5.33. The maximum Gasteiger partial charge on any atom is 0.0582 e. The lowest BCUT2D eigenvalue weighted by Gasteiger charge is -2.18. The quantitative estimate of drug-likeness (QED) is 0.517. The first-order valence-corrected chi connectivity index (χ1v) is 2.84. The maximum atomic E-state index is 8.41. The van der Waals surface area contributed by atoms with E-state index < -0.39 is 0 Å². The molecule has 1 N–H and O–H groups in total. The van der Waals surface area contributed by atoms with Crippen molar-refractivity contribution in [2.75, 3.05) is 34.3 Å². The van der Waals surface area contributed by atoms with Crippen LogP contribution in [0, 0.1) is 0 Å². The van der Waals surface area contributed by atoms with Gasteiger partial charge in [-0.15, -0.1) is 0 Å². The Bertz CT molecular complexity index is 68.0. The van der Waals surface area contributed by atoms with Crippen LogP contribution >= 0.6 is 0 Å². The van der Waals surface area contributed by atoms with Crippen molar-refractivity contribution in [2.45, 2.75) is 0 Å². The molecule has 0 aromatic carbocycles. The number of hydrogen-bond acceptors (Lipinski definition) is 4. The molecule has 0 atom stereocenters. The molecule has 0 saturated carbocycles. The van der Waals surface area contributed by atoms with Crippen molar-refractivity contribution in [3.8, 4) is 0 Å². The number of rotatable bonds is 4. The molecular formula is C5H14N2O2. The molecule has 0 aromatic rings. The van der Waals surface area contributed by atoms with Crippen LogP contribution in [-0.4, -0.2) is 49.5 Å². The molecule has 0 bridgehead atoms. The van der Waals surface area contributed by atoms with Crippen molar-refractivity contribution in [2.24, 2.45) is 0 Å². The second-order valence-electron chi connectivity index (χ2n) is 1.97. The highest BCUT2D eigenvalue weighted by atomic mass is 16.8. The summed E-state index contributed by atoms with van der Waals surface area (Å²) in [5, 5.41) is 11.5. The van der Waals surface area contributed by atoms with Gasteiger partial charge in [0, 0.05) is 27.7 Å². The van der Waals surface area contributed by atoms with Gasteiger partial charge in [-0.1, -0.05) is 0 Å². The Morgan fingerprint density at radius 2 is 1.89 bits per heavy atom. The number of likely N-dealkylation sites (N-methyl/N-ethyl adjacent to an activating group) is 1. The maximum absolute atomic E-state index is 8.41. The van der Waals surface area contributed by atoms with Gasteiger partial charge in [-0.25, -0.2) is 4.94 Å². The minimum Gasteiger partial charge on any atom is -0.395 e. The van der Waals surface area contributed by atoms with E-state index >= 15 is 0 Å². The second kappa shape index (κ2) is 4.69. The first kappa shape index (κ1) is 8.84. The fourth-order valence-electron chi connectivity index (χ4n) is 0.460. The molecule has 0 aromatic heterocycles. The van der Waals surface area contributed by atoms with Gasteiger partial charge in [0.25, 0.3) is 0 Å². The van der Waals surface area contributed by atoms with Gasteiger partial charge in [0.1, 0.15) is 0 Å². The zero-order chi connectivity index (χ0) is 7.28. The van der Waals surface area contributed by atoms with Crippen LogP contribution in [-0.2, 0) is 4.94 Å². The van der Waals surface area contributed by atoms with E-state index in [1.165, 1.54) is 0 Å². The van der Waals surface area contributed by atoms with Crippen molar-refractivity contribution in [1.82, 2.24) is 10.1 Å². The Morgan fingerprint density at radius 3 is 2.22 bits per heavy atom. The van der Waals surface area contributed by atoms with Crippen LogP contribution in [0.3, 0.4) is 0 Å². The summed E-state index contributed by atoms with van der Waals surface area (Å²) in [6, 6.07) is 0. The number of aliphatic hydroxyl groups is 1. The van der Waals surface area contributed by atoms with E-state index in [0.717, 1.165) is 0 Å². The van der Waals surface area contributed by atoms with Gasteiger partial charge < -0.3 is 5.11 Å². The number of nitrogens with zero attached hydrogens (tertiary/aromatic N) is 2. The summed E-state index contributed by atoms with van der Waals surface area (Å²) in [5.74, 6) is 0. The van der Waals surface area contributed by atoms with Crippen molar-refractivity contribution in [3.05, 3.63) is 0 Å². The zero-order valence-corrected chi connectivity index (χ0v) is 6.16. The molecule has 0 aliphatic heterocycles. The lowest BCUT2D eigenvalue weighted by Crippen LogP contribution is -2.29. The van der Waals surface area contributed by atoms with Crippen molar-refractivity contribution in [1.29, 1.82) is 0 Å². The Morgan fingerprint density at radius 1 is 1.33 bits per heavy atom. The van der Waals surface area contributed by atoms with Gasteiger partial charge >= 0.3 is 0 Å². The molecule has 0 rings (SSSR count). The Balaban J connectivity index is 3.15. The molecule has 0 radical (unpaired) electrons. The third-order valence-electron chi connectivity index (χ3n) is 0.718. The fourth-order valence-corrected chi connectivity index (χ4v) is 0.460. The summed E-state index contributed by atoms with van der Waals surface area (Å²) < 4.78 is 0. The van der Waals surface area contributed by atoms with E-state index in [4.69, 9.17) is 10.0 Å². The molecule has 0 heterocycles. The van der Waals surface area contributed by atoms with Crippen molar-refractivity contribution >= 4 is 0 Å². The fraction of sp³-hybridized carbons (Fsp3) is 1.00. The number of hydrogen-bond donors (Lipinski definition) is 1. The minimum atomic E-state index is 0.115. The molecule has 4 nitrogen and oxygen atoms in total. The van der Waals surface area contributed by atoms with Crippen LogP contribution in [0.15, 0.2) is 0 Å². The van der Waals surface area contributed by atoms with Crippen LogP contribution < -0.4 is 0 Å². The number of aliphatic hydroxyl groups excluding tert-OH is 1. The van der Waals surface area contributed by atoms with Crippen molar-refractivity contribution in [3.63, 3.8) is 0 Å². The molecule has 56 valence electrons. The van der Waals surface area contributed by atoms with E-state index in [1.54, 1.807) is 31.3 Å². The molecule has 0 spiro atoms. The van der Waals surface area contributed by atoms with Crippen molar-refractivity contribution < 1.29 is 10.0 Å². The SMILES string of the molecule is CN(C)ON(C)CCO. The van der Waals surface area contributed by atoms with Crippen LogP contribution in [0.5, 0.6) is 0 Å². The van der Waals surface area contributed by atoms with E-state index in [-0.39, 0.29) is 6.61 Å². The van der Waals surface area contributed by atoms with E-state index in [2.05, 4.69) is 0 Å². The third kappa shape index (κ3) is 5.72. The smallest absolute Gasteiger partial charge is 0.0582 e. The van der Waals surface area contributed by atoms with Gasteiger partial charge in [-0.2, -0.15) is 10.1 Å². The second-order valence-corrected chi connectivity index (χ2v) is 1.97. The first-order valence-electron chi connectivity index (χ1n) is 2.84. The van der Waals surface area contributed by atoms with Gasteiger partial charge in [-0.3, -0.25) is 0 Å². The number of hydroxylamine groups is 4. The summed E-state index contributed by atoms with van der Waals surface area (Å²) in [6.07, 6.45) is 0. The van der Waals surface area contributed by atoms with E-state index in [1.807, 2.05) is 0 Å².